The number of anilines is 1. The van der Waals surface area contributed by atoms with Crippen LogP contribution in [0.25, 0.3) is 0 Å². The van der Waals surface area contributed by atoms with Crippen molar-refractivity contribution < 1.29 is 9.66 Å². The summed E-state index contributed by atoms with van der Waals surface area (Å²) in [7, 11) is 0. The summed E-state index contributed by atoms with van der Waals surface area (Å²) in [5.74, 6) is 0. The Morgan fingerprint density at radius 2 is 2.00 bits per heavy atom. The average molecular weight is 325 g/mol. The number of hydrogen-bond acceptors (Lipinski definition) is 5. The summed E-state index contributed by atoms with van der Waals surface area (Å²) >= 11 is 0. The molecule has 2 aromatic rings. The second kappa shape index (κ2) is 7.23. The van der Waals surface area contributed by atoms with E-state index in [1.54, 1.807) is 18.3 Å². The lowest BCUT2D eigenvalue weighted by Gasteiger charge is -2.29. The van der Waals surface area contributed by atoms with Crippen LogP contribution in [0.4, 0.5) is 17.1 Å². The predicted octanol–water partition coefficient (Wildman–Crippen LogP) is 3.49. The molecular weight excluding hydrogens is 306 g/mol. The molecule has 124 valence electrons. The van der Waals surface area contributed by atoms with Gasteiger partial charge in [0.05, 0.1) is 23.8 Å². The van der Waals surface area contributed by atoms with Gasteiger partial charge in [-0.1, -0.05) is 12.1 Å². The third kappa shape index (κ3) is 3.78. The molecule has 0 amide bonds. The summed E-state index contributed by atoms with van der Waals surface area (Å²) in [6, 6.07) is 12.6. The molecule has 0 N–H and O–H groups in total. The maximum Gasteiger partial charge on any atom is 0.271 e. The molecule has 1 aliphatic heterocycles. The number of rotatable bonds is 4. The first-order valence-electron chi connectivity index (χ1n) is 7.85. The first-order valence-corrected chi connectivity index (χ1v) is 7.85. The Morgan fingerprint density at radius 3 is 2.71 bits per heavy atom. The number of nitro benzene ring substituents is 1. The fraction of sp³-hybridized carbons (Fsp3) is 0.278. The van der Waals surface area contributed by atoms with E-state index >= 15 is 0 Å². The summed E-state index contributed by atoms with van der Waals surface area (Å²) in [4.78, 5) is 17.1. The smallest absolute Gasteiger partial charge is 0.271 e. The van der Waals surface area contributed by atoms with Crippen molar-refractivity contribution in [2.45, 2.75) is 6.92 Å². The second-order valence-corrected chi connectivity index (χ2v) is 5.68. The molecule has 0 unspecified atom stereocenters. The van der Waals surface area contributed by atoms with Crippen molar-refractivity contribution in [1.82, 2.24) is 0 Å². The fourth-order valence-corrected chi connectivity index (χ4v) is 2.65. The molecule has 0 spiro atoms. The van der Waals surface area contributed by atoms with Crippen LogP contribution in [0, 0.1) is 17.0 Å². The van der Waals surface area contributed by atoms with E-state index in [-0.39, 0.29) is 5.69 Å². The van der Waals surface area contributed by atoms with Crippen LogP contribution in [0.2, 0.25) is 0 Å². The summed E-state index contributed by atoms with van der Waals surface area (Å²) in [6.45, 7) is 5.37. The van der Waals surface area contributed by atoms with Crippen molar-refractivity contribution in [2.75, 3.05) is 31.2 Å². The molecule has 1 aliphatic rings. The number of hydrogen-bond donors (Lipinski definition) is 0. The van der Waals surface area contributed by atoms with Gasteiger partial charge in [0.25, 0.3) is 5.69 Å². The van der Waals surface area contributed by atoms with E-state index in [0.29, 0.717) is 5.69 Å². The first kappa shape index (κ1) is 16.1. The van der Waals surface area contributed by atoms with Crippen LogP contribution in [0.5, 0.6) is 0 Å². The van der Waals surface area contributed by atoms with E-state index in [4.69, 9.17) is 4.74 Å². The van der Waals surface area contributed by atoms with Gasteiger partial charge in [0.15, 0.2) is 0 Å². The first-order chi connectivity index (χ1) is 11.6. The third-order valence-corrected chi connectivity index (χ3v) is 4.02. The SMILES string of the molecule is Cc1cc(N2CCOCC2)ccc1C=Nc1cccc([N+](=O)[O-])c1. The highest BCUT2D eigenvalue weighted by Gasteiger charge is 2.11. The van der Waals surface area contributed by atoms with Gasteiger partial charge in [-0.3, -0.25) is 15.1 Å². The lowest BCUT2D eigenvalue weighted by molar-refractivity contribution is -0.384. The highest BCUT2D eigenvalue weighted by Crippen LogP contribution is 2.22. The molecule has 2 aromatic carbocycles. The van der Waals surface area contributed by atoms with Crippen molar-refractivity contribution in [2.24, 2.45) is 4.99 Å². The number of nitro groups is 1. The van der Waals surface area contributed by atoms with Crippen molar-refractivity contribution in [3.63, 3.8) is 0 Å². The van der Waals surface area contributed by atoms with Gasteiger partial charge in [-0.15, -0.1) is 0 Å². The average Bonchev–Trinajstić information content (AvgIpc) is 2.61. The van der Waals surface area contributed by atoms with Crippen molar-refractivity contribution in [3.05, 3.63) is 63.7 Å². The second-order valence-electron chi connectivity index (χ2n) is 5.68. The number of benzene rings is 2. The van der Waals surface area contributed by atoms with Crippen LogP contribution in [0.15, 0.2) is 47.5 Å². The number of morpholine rings is 1. The minimum atomic E-state index is -0.415. The maximum atomic E-state index is 10.8. The van der Waals surface area contributed by atoms with Crippen LogP contribution in [0.1, 0.15) is 11.1 Å². The van der Waals surface area contributed by atoms with E-state index in [9.17, 15) is 10.1 Å². The number of ether oxygens (including phenoxy) is 1. The zero-order valence-electron chi connectivity index (χ0n) is 13.5. The highest BCUT2D eigenvalue weighted by atomic mass is 16.6. The molecule has 1 fully saturated rings. The molecular formula is C18H19N3O3. The van der Waals surface area contributed by atoms with Crippen molar-refractivity contribution >= 4 is 23.3 Å². The minimum absolute atomic E-state index is 0.0454. The predicted molar refractivity (Wildman–Crippen MR) is 94.6 cm³/mol. The molecule has 0 radical (unpaired) electrons. The number of aliphatic imine (C=N–C) groups is 1. The molecule has 0 aliphatic carbocycles. The van der Waals surface area contributed by atoms with Gasteiger partial charge in [-0.2, -0.15) is 0 Å². The van der Waals surface area contributed by atoms with Gasteiger partial charge in [0.1, 0.15) is 0 Å². The van der Waals surface area contributed by atoms with E-state index < -0.39 is 4.92 Å². The monoisotopic (exact) mass is 325 g/mol. The minimum Gasteiger partial charge on any atom is -0.378 e. The highest BCUT2D eigenvalue weighted by molar-refractivity contribution is 5.84. The molecule has 24 heavy (non-hydrogen) atoms. The Labute approximate surface area is 140 Å². The normalized spacial score (nSPS) is 15.0. The van der Waals surface area contributed by atoms with Gasteiger partial charge in [-0.05, 0) is 36.2 Å². The summed E-state index contributed by atoms with van der Waals surface area (Å²) in [5.41, 5.74) is 3.92. The molecule has 6 nitrogen and oxygen atoms in total. The topological polar surface area (TPSA) is 68.0 Å². The van der Waals surface area contributed by atoms with Gasteiger partial charge >= 0.3 is 0 Å². The van der Waals surface area contributed by atoms with Gasteiger partial charge in [0, 0.05) is 37.1 Å². The van der Waals surface area contributed by atoms with Crippen LogP contribution < -0.4 is 4.90 Å². The lowest BCUT2D eigenvalue weighted by Crippen LogP contribution is -2.36. The van der Waals surface area contributed by atoms with E-state index in [1.807, 2.05) is 13.0 Å². The van der Waals surface area contributed by atoms with E-state index in [0.717, 1.165) is 37.4 Å². The number of nitrogens with zero attached hydrogens (tertiary/aromatic N) is 3. The Hall–Kier alpha value is -2.73. The van der Waals surface area contributed by atoms with Gasteiger partial charge in [0.2, 0.25) is 0 Å². The summed E-state index contributed by atoms with van der Waals surface area (Å²) in [6.07, 6.45) is 1.75. The fourth-order valence-electron chi connectivity index (χ4n) is 2.65. The Balaban J connectivity index is 1.77. The molecule has 3 rings (SSSR count). The standard InChI is InChI=1S/C18H19N3O3/c1-14-11-17(20-7-9-24-10-8-20)6-5-15(14)13-19-16-3-2-4-18(12-16)21(22)23/h2-6,11-13H,7-10H2,1H3. The number of aryl methyl sites for hydroxylation is 1. The van der Waals surface area contributed by atoms with Gasteiger partial charge < -0.3 is 9.64 Å². The lowest BCUT2D eigenvalue weighted by atomic mass is 10.1. The zero-order chi connectivity index (χ0) is 16.9. The van der Waals surface area contributed by atoms with Crippen molar-refractivity contribution in [3.8, 4) is 0 Å². The summed E-state index contributed by atoms with van der Waals surface area (Å²) < 4.78 is 5.38. The quantitative estimate of drug-likeness (QED) is 0.490. The van der Waals surface area contributed by atoms with E-state index in [1.165, 1.54) is 17.8 Å². The molecule has 0 aromatic heterocycles. The molecule has 0 saturated carbocycles. The Bertz CT molecular complexity index is 768. The van der Waals surface area contributed by atoms with Crippen molar-refractivity contribution in [1.29, 1.82) is 0 Å². The third-order valence-electron chi connectivity index (χ3n) is 4.02. The molecule has 1 saturated heterocycles. The number of non-ortho nitro benzene ring substituents is 1. The molecule has 0 atom stereocenters. The molecule has 1 heterocycles. The van der Waals surface area contributed by atoms with Crippen LogP contribution in [-0.2, 0) is 4.74 Å². The largest absolute Gasteiger partial charge is 0.378 e. The van der Waals surface area contributed by atoms with E-state index in [2.05, 4.69) is 22.0 Å². The molecule has 6 heteroatoms. The van der Waals surface area contributed by atoms with Crippen LogP contribution >= 0.6 is 0 Å². The summed E-state index contributed by atoms with van der Waals surface area (Å²) in [5, 5.41) is 10.8. The van der Waals surface area contributed by atoms with Crippen LogP contribution in [0.3, 0.4) is 0 Å². The Kier molecular flexibility index (Phi) is 4.86. The maximum absolute atomic E-state index is 10.8. The van der Waals surface area contributed by atoms with Gasteiger partial charge in [-0.25, -0.2) is 0 Å². The Morgan fingerprint density at radius 1 is 1.21 bits per heavy atom. The molecule has 0 bridgehead atoms. The van der Waals surface area contributed by atoms with Crippen LogP contribution in [-0.4, -0.2) is 37.4 Å². The zero-order valence-corrected chi connectivity index (χ0v) is 13.5.